The number of hydrogen-bond acceptors (Lipinski definition) is 4. The van der Waals surface area contributed by atoms with Gasteiger partial charge >= 0.3 is 6.03 Å². The maximum Gasteiger partial charge on any atom is 0.323 e. The fraction of sp³-hybridized carbons (Fsp3) is 0.235. The van der Waals surface area contributed by atoms with Gasteiger partial charge in [0, 0.05) is 22.9 Å². The van der Waals surface area contributed by atoms with Gasteiger partial charge in [0.15, 0.2) is 0 Å². The average Bonchev–Trinajstić information content (AvgIpc) is 2.93. The quantitative estimate of drug-likeness (QED) is 0.828. The number of halogens is 1. The van der Waals surface area contributed by atoms with Gasteiger partial charge in [0.25, 0.3) is 0 Å². The molecule has 2 amide bonds. The predicted octanol–water partition coefficient (Wildman–Crippen LogP) is 3.53. The molecule has 1 heterocycles. The van der Waals surface area contributed by atoms with Crippen molar-refractivity contribution in [2.45, 2.75) is 6.42 Å². The molecule has 1 aliphatic heterocycles. The second kappa shape index (κ2) is 7.43. The van der Waals surface area contributed by atoms with E-state index >= 15 is 0 Å². The number of sulfonamides is 1. The number of amides is 2. The summed E-state index contributed by atoms with van der Waals surface area (Å²) in [6.45, 7) is 0.386. The Bertz CT molecular complexity index is 933. The predicted molar refractivity (Wildman–Crippen MR) is 103 cm³/mol. The Balaban J connectivity index is 1.80. The highest BCUT2D eigenvalue weighted by molar-refractivity contribution is 7.93. The monoisotopic (exact) mass is 395 g/mol. The number of benzene rings is 2. The summed E-state index contributed by atoms with van der Waals surface area (Å²) in [6, 6.07) is 11.1. The zero-order chi connectivity index (χ0) is 18.7. The van der Waals surface area contributed by atoms with Gasteiger partial charge in [-0.3, -0.25) is 4.31 Å². The van der Waals surface area contributed by atoms with Crippen molar-refractivity contribution >= 4 is 44.7 Å². The first-order valence-electron chi connectivity index (χ1n) is 7.91. The number of rotatable bonds is 4. The number of methoxy groups -OCH3 is 1. The van der Waals surface area contributed by atoms with Crippen LogP contribution in [-0.4, -0.2) is 33.9 Å². The molecule has 1 saturated heterocycles. The van der Waals surface area contributed by atoms with Gasteiger partial charge in [-0.2, -0.15) is 0 Å². The Morgan fingerprint density at radius 1 is 1.15 bits per heavy atom. The number of carbonyl (C=O) groups is 1. The van der Waals surface area contributed by atoms with Gasteiger partial charge in [-0.1, -0.05) is 17.7 Å². The van der Waals surface area contributed by atoms with Crippen LogP contribution in [0.2, 0.25) is 5.02 Å². The first kappa shape index (κ1) is 18.3. The van der Waals surface area contributed by atoms with Crippen molar-refractivity contribution in [1.82, 2.24) is 0 Å². The molecule has 2 aromatic rings. The smallest absolute Gasteiger partial charge is 0.323 e. The largest absolute Gasteiger partial charge is 0.495 e. The van der Waals surface area contributed by atoms with Crippen LogP contribution in [0.25, 0.3) is 0 Å². The number of nitrogens with one attached hydrogen (secondary N) is 2. The minimum atomic E-state index is -3.36. The molecule has 0 radical (unpaired) electrons. The summed E-state index contributed by atoms with van der Waals surface area (Å²) in [5.74, 6) is 0.527. The maximum atomic E-state index is 12.2. The molecule has 0 saturated carbocycles. The van der Waals surface area contributed by atoms with E-state index in [1.807, 2.05) is 0 Å². The normalized spacial score (nSPS) is 15.5. The van der Waals surface area contributed by atoms with Gasteiger partial charge in [-0.25, -0.2) is 13.2 Å². The van der Waals surface area contributed by atoms with Crippen LogP contribution in [0.1, 0.15) is 6.42 Å². The van der Waals surface area contributed by atoms with E-state index in [2.05, 4.69) is 10.6 Å². The topological polar surface area (TPSA) is 87.7 Å². The minimum Gasteiger partial charge on any atom is -0.495 e. The molecule has 138 valence electrons. The van der Waals surface area contributed by atoms with Gasteiger partial charge in [0.05, 0.1) is 18.6 Å². The molecule has 2 aromatic carbocycles. The lowest BCUT2D eigenvalue weighted by atomic mass is 10.2. The molecule has 0 aromatic heterocycles. The van der Waals surface area contributed by atoms with E-state index in [9.17, 15) is 13.2 Å². The van der Waals surface area contributed by atoms with Crippen LogP contribution in [0.4, 0.5) is 21.9 Å². The van der Waals surface area contributed by atoms with E-state index in [4.69, 9.17) is 16.3 Å². The number of anilines is 3. The van der Waals surface area contributed by atoms with Gasteiger partial charge in [-0.05, 0) is 42.8 Å². The van der Waals surface area contributed by atoms with Crippen molar-refractivity contribution in [2.75, 3.05) is 34.3 Å². The second-order valence-electron chi connectivity index (χ2n) is 5.72. The van der Waals surface area contributed by atoms with Crippen molar-refractivity contribution in [3.05, 3.63) is 47.5 Å². The molecule has 2 N–H and O–H groups in total. The van der Waals surface area contributed by atoms with Crippen molar-refractivity contribution < 1.29 is 17.9 Å². The Hall–Kier alpha value is -2.45. The highest BCUT2D eigenvalue weighted by Crippen LogP contribution is 2.35. The highest BCUT2D eigenvalue weighted by atomic mass is 35.5. The lowest BCUT2D eigenvalue weighted by molar-refractivity contribution is 0.262. The third-order valence-electron chi connectivity index (χ3n) is 3.89. The van der Waals surface area contributed by atoms with Gasteiger partial charge < -0.3 is 15.4 Å². The fourth-order valence-electron chi connectivity index (χ4n) is 2.73. The molecule has 0 unspecified atom stereocenters. The molecule has 7 nitrogen and oxygen atoms in total. The Morgan fingerprint density at radius 3 is 2.50 bits per heavy atom. The number of hydrogen-bond donors (Lipinski definition) is 2. The van der Waals surface area contributed by atoms with E-state index < -0.39 is 16.1 Å². The van der Waals surface area contributed by atoms with Crippen molar-refractivity contribution in [1.29, 1.82) is 0 Å². The van der Waals surface area contributed by atoms with Crippen LogP contribution in [0.3, 0.4) is 0 Å². The summed E-state index contributed by atoms with van der Waals surface area (Å²) < 4.78 is 31.0. The van der Waals surface area contributed by atoms with E-state index in [1.165, 1.54) is 11.4 Å². The van der Waals surface area contributed by atoms with Gasteiger partial charge in [-0.15, -0.1) is 0 Å². The van der Waals surface area contributed by atoms with Crippen LogP contribution in [0, 0.1) is 0 Å². The standard InChI is InChI=1S/C17H18ClN3O4S/c1-25-16-7-6-14(11-15(16)21-8-3-9-26(21,23)24)20-17(22)19-13-5-2-4-12(18)10-13/h2,4-7,10-11H,3,8-9H2,1H3,(H2,19,20,22). The number of ether oxygens (including phenoxy) is 1. The zero-order valence-corrected chi connectivity index (χ0v) is 15.6. The van der Waals surface area contributed by atoms with Gasteiger partial charge in [0.2, 0.25) is 10.0 Å². The van der Waals surface area contributed by atoms with Crippen LogP contribution in [0.5, 0.6) is 5.75 Å². The molecular weight excluding hydrogens is 378 g/mol. The summed E-state index contributed by atoms with van der Waals surface area (Å²) in [5, 5.41) is 5.86. The summed E-state index contributed by atoms with van der Waals surface area (Å²) in [6.07, 6.45) is 0.554. The molecule has 3 rings (SSSR count). The average molecular weight is 396 g/mol. The zero-order valence-electron chi connectivity index (χ0n) is 14.0. The maximum absolute atomic E-state index is 12.2. The molecular formula is C17H18ClN3O4S. The number of carbonyl (C=O) groups excluding carboxylic acids is 1. The summed E-state index contributed by atoms with van der Waals surface area (Å²) in [7, 11) is -1.89. The third kappa shape index (κ3) is 4.03. The molecule has 0 aliphatic carbocycles. The highest BCUT2D eigenvalue weighted by Gasteiger charge is 2.30. The molecule has 9 heteroatoms. The van der Waals surface area contributed by atoms with Crippen molar-refractivity contribution in [3.8, 4) is 5.75 Å². The number of urea groups is 1. The first-order valence-corrected chi connectivity index (χ1v) is 9.90. The summed E-state index contributed by atoms with van der Waals surface area (Å²) >= 11 is 5.89. The first-order chi connectivity index (χ1) is 12.4. The molecule has 1 aliphatic rings. The Labute approximate surface area is 157 Å². The third-order valence-corrected chi connectivity index (χ3v) is 5.98. The molecule has 0 bridgehead atoms. The Morgan fingerprint density at radius 2 is 1.88 bits per heavy atom. The second-order valence-corrected chi connectivity index (χ2v) is 8.17. The molecule has 0 atom stereocenters. The van der Waals surface area contributed by atoms with Crippen LogP contribution in [-0.2, 0) is 10.0 Å². The number of nitrogens with zero attached hydrogens (tertiary/aromatic N) is 1. The minimum absolute atomic E-state index is 0.100. The van der Waals surface area contributed by atoms with E-state index in [0.29, 0.717) is 40.8 Å². The summed E-state index contributed by atoms with van der Waals surface area (Å²) in [4.78, 5) is 12.2. The van der Waals surface area contributed by atoms with Gasteiger partial charge in [0.1, 0.15) is 5.75 Å². The van der Waals surface area contributed by atoms with Crippen LogP contribution < -0.4 is 19.7 Å². The van der Waals surface area contributed by atoms with Crippen molar-refractivity contribution in [2.24, 2.45) is 0 Å². The van der Waals surface area contributed by atoms with E-state index in [1.54, 1.807) is 42.5 Å². The Kier molecular flexibility index (Phi) is 5.24. The van der Waals surface area contributed by atoms with Crippen LogP contribution in [0.15, 0.2) is 42.5 Å². The van der Waals surface area contributed by atoms with E-state index in [0.717, 1.165) is 0 Å². The fourth-order valence-corrected chi connectivity index (χ4v) is 4.49. The van der Waals surface area contributed by atoms with E-state index in [-0.39, 0.29) is 5.75 Å². The molecule has 0 spiro atoms. The van der Waals surface area contributed by atoms with Crippen LogP contribution >= 0.6 is 11.6 Å². The summed E-state index contributed by atoms with van der Waals surface area (Å²) in [5.41, 5.74) is 1.40. The lowest BCUT2D eigenvalue weighted by Gasteiger charge is -2.20. The molecule has 1 fully saturated rings. The SMILES string of the molecule is COc1ccc(NC(=O)Nc2cccc(Cl)c2)cc1N1CCCS1(=O)=O. The lowest BCUT2D eigenvalue weighted by Crippen LogP contribution is -2.26. The van der Waals surface area contributed by atoms with Crippen molar-refractivity contribution in [3.63, 3.8) is 0 Å². The molecule has 26 heavy (non-hydrogen) atoms.